The summed E-state index contributed by atoms with van der Waals surface area (Å²) in [5, 5.41) is 5.65. The molecular formula is C20H22N2O5. The Morgan fingerprint density at radius 3 is 2.52 bits per heavy atom. The van der Waals surface area contributed by atoms with Gasteiger partial charge < -0.3 is 24.8 Å². The second kappa shape index (κ2) is 9.05. The highest BCUT2D eigenvalue weighted by Crippen LogP contribution is 2.32. The van der Waals surface area contributed by atoms with E-state index in [0.717, 1.165) is 12.0 Å². The van der Waals surface area contributed by atoms with Gasteiger partial charge in [0, 0.05) is 37.9 Å². The van der Waals surface area contributed by atoms with Crippen molar-refractivity contribution in [2.75, 3.05) is 27.1 Å². The van der Waals surface area contributed by atoms with Crippen molar-refractivity contribution in [3.63, 3.8) is 0 Å². The molecular weight excluding hydrogens is 348 g/mol. The summed E-state index contributed by atoms with van der Waals surface area (Å²) >= 11 is 0. The molecule has 2 amide bonds. The summed E-state index contributed by atoms with van der Waals surface area (Å²) in [6.45, 7) is 1.67. The number of methoxy groups -OCH3 is 1. The van der Waals surface area contributed by atoms with E-state index in [1.54, 1.807) is 31.4 Å². The van der Waals surface area contributed by atoms with Crippen molar-refractivity contribution < 1.29 is 23.8 Å². The third-order valence-corrected chi connectivity index (χ3v) is 4.09. The average molecular weight is 370 g/mol. The number of benzene rings is 2. The molecule has 0 unspecified atom stereocenters. The number of nitrogens with one attached hydrogen (secondary N) is 2. The van der Waals surface area contributed by atoms with Gasteiger partial charge in [0.1, 0.15) is 0 Å². The maximum atomic E-state index is 12.4. The molecule has 3 rings (SSSR count). The molecule has 7 nitrogen and oxygen atoms in total. The first-order valence-electron chi connectivity index (χ1n) is 8.71. The molecule has 1 aliphatic rings. The van der Waals surface area contributed by atoms with Crippen LogP contribution in [-0.4, -0.2) is 38.9 Å². The van der Waals surface area contributed by atoms with Crippen LogP contribution >= 0.6 is 0 Å². The van der Waals surface area contributed by atoms with Crippen LogP contribution in [0.1, 0.15) is 32.7 Å². The molecule has 0 atom stereocenters. The molecule has 1 heterocycles. The van der Waals surface area contributed by atoms with E-state index in [2.05, 4.69) is 10.6 Å². The largest absolute Gasteiger partial charge is 0.454 e. The molecule has 0 aromatic heterocycles. The summed E-state index contributed by atoms with van der Waals surface area (Å²) in [7, 11) is 1.62. The highest BCUT2D eigenvalue weighted by Gasteiger charge is 2.14. The molecule has 0 bridgehead atoms. The van der Waals surface area contributed by atoms with E-state index in [1.807, 2.05) is 18.2 Å². The average Bonchev–Trinajstić information content (AvgIpc) is 3.17. The van der Waals surface area contributed by atoms with E-state index in [4.69, 9.17) is 14.2 Å². The second-order valence-corrected chi connectivity index (χ2v) is 6.05. The lowest BCUT2D eigenvalue weighted by Crippen LogP contribution is -2.26. The third kappa shape index (κ3) is 4.98. The lowest BCUT2D eigenvalue weighted by molar-refractivity contribution is 0.0948. The van der Waals surface area contributed by atoms with E-state index in [0.29, 0.717) is 42.3 Å². The van der Waals surface area contributed by atoms with Gasteiger partial charge >= 0.3 is 0 Å². The zero-order chi connectivity index (χ0) is 19.1. The van der Waals surface area contributed by atoms with Crippen molar-refractivity contribution in [1.29, 1.82) is 0 Å². The van der Waals surface area contributed by atoms with Gasteiger partial charge in [0.05, 0.1) is 0 Å². The van der Waals surface area contributed by atoms with Crippen LogP contribution in [0.3, 0.4) is 0 Å². The predicted octanol–water partition coefficient (Wildman–Crippen LogP) is 2.11. The maximum Gasteiger partial charge on any atom is 0.251 e. The Bertz CT molecular complexity index is 822. The van der Waals surface area contributed by atoms with Crippen LogP contribution in [0.4, 0.5) is 0 Å². The first kappa shape index (κ1) is 18.7. The van der Waals surface area contributed by atoms with Crippen molar-refractivity contribution in [2.24, 2.45) is 0 Å². The van der Waals surface area contributed by atoms with Crippen molar-refractivity contribution in [1.82, 2.24) is 10.6 Å². The van der Waals surface area contributed by atoms with Gasteiger partial charge in [0.25, 0.3) is 11.8 Å². The lowest BCUT2D eigenvalue weighted by atomic mass is 10.1. The monoisotopic (exact) mass is 370 g/mol. The van der Waals surface area contributed by atoms with Gasteiger partial charge in [-0.2, -0.15) is 0 Å². The third-order valence-electron chi connectivity index (χ3n) is 4.09. The molecule has 0 aliphatic carbocycles. The summed E-state index contributed by atoms with van der Waals surface area (Å²) < 4.78 is 15.6. The van der Waals surface area contributed by atoms with Crippen molar-refractivity contribution >= 4 is 11.8 Å². The number of amides is 2. The molecule has 2 aromatic carbocycles. The van der Waals surface area contributed by atoms with Gasteiger partial charge in [0.15, 0.2) is 11.5 Å². The molecule has 27 heavy (non-hydrogen) atoms. The van der Waals surface area contributed by atoms with Gasteiger partial charge in [-0.1, -0.05) is 12.1 Å². The molecule has 0 saturated carbocycles. The molecule has 0 fully saturated rings. The smallest absolute Gasteiger partial charge is 0.251 e. The first-order chi connectivity index (χ1) is 13.2. The number of hydrogen-bond acceptors (Lipinski definition) is 5. The summed E-state index contributed by atoms with van der Waals surface area (Å²) in [4.78, 5) is 24.6. The SMILES string of the molecule is COCCCNC(=O)c1cccc(C(=O)NCc2ccc3c(c2)OCO3)c1. The van der Waals surface area contributed by atoms with E-state index in [-0.39, 0.29) is 18.6 Å². The maximum absolute atomic E-state index is 12.4. The lowest BCUT2D eigenvalue weighted by Gasteiger charge is -2.08. The van der Waals surface area contributed by atoms with Crippen molar-refractivity contribution in [3.05, 3.63) is 59.2 Å². The van der Waals surface area contributed by atoms with Crippen molar-refractivity contribution in [2.45, 2.75) is 13.0 Å². The molecule has 142 valence electrons. The minimum atomic E-state index is -0.248. The van der Waals surface area contributed by atoms with E-state index in [1.165, 1.54) is 0 Å². The Hall–Kier alpha value is -3.06. The van der Waals surface area contributed by atoms with E-state index < -0.39 is 0 Å². The highest BCUT2D eigenvalue weighted by molar-refractivity contribution is 5.99. The molecule has 0 spiro atoms. The minimum Gasteiger partial charge on any atom is -0.454 e. The molecule has 7 heteroatoms. The number of carbonyl (C=O) groups is 2. The number of rotatable bonds is 8. The second-order valence-electron chi connectivity index (χ2n) is 6.05. The van der Waals surface area contributed by atoms with Gasteiger partial charge in [0.2, 0.25) is 6.79 Å². The van der Waals surface area contributed by atoms with E-state index >= 15 is 0 Å². The number of fused-ring (bicyclic) bond motifs is 1. The first-order valence-corrected chi connectivity index (χ1v) is 8.71. The van der Waals surface area contributed by atoms with Crippen LogP contribution in [0.25, 0.3) is 0 Å². The van der Waals surface area contributed by atoms with Crippen molar-refractivity contribution in [3.8, 4) is 11.5 Å². The topological polar surface area (TPSA) is 85.9 Å². The number of carbonyl (C=O) groups excluding carboxylic acids is 2. The van der Waals surface area contributed by atoms with Crippen LogP contribution < -0.4 is 20.1 Å². The zero-order valence-corrected chi connectivity index (χ0v) is 15.1. The fourth-order valence-corrected chi connectivity index (χ4v) is 2.66. The molecule has 2 N–H and O–H groups in total. The Kier molecular flexibility index (Phi) is 6.27. The van der Waals surface area contributed by atoms with Gasteiger partial charge in [-0.25, -0.2) is 0 Å². The summed E-state index contributed by atoms with van der Waals surface area (Å²) in [6.07, 6.45) is 0.734. The Morgan fingerprint density at radius 1 is 1.00 bits per heavy atom. The quantitative estimate of drug-likeness (QED) is 0.695. The summed E-state index contributed by atoms with van der Waals surface area (Å²) in [5.41, 5.74) is 1.78. The standard InChI is InChI=1S/C20H22N2O5/c1-25-9-3-8-21-19(23)15-4-2-5-16(11-15)20(24)22-12-14-6-7-17-18(10-14)27-13-26-17/h2,4-7,10-11H,3,8-9,12-13H2,1H3,(H,21,23)(H,22,24). The van der Waals surface area contributed by atoms with E-state index in [9.17, 15) is 9.59 Å². The summed E-state index contributed by atoms with van der Waals surface area (Å²) in [5.74, 6) is 0.918. The number of ether oxygens (including phenoxy) is 3. The van der Waals surface area contributed by atoms with Crippen LogP contribution in [0.5, 0.6) is 11.5 Å². The zero-order valence-electron chi connectivity index (χ0n) is 15.1. The van der Waals surface area contributed by atoms with Crippen LogP contribution in [0.15, 0.2) is 42.5 Å². The number of hydrogen-bond donors (Lipinski definition) is 2. The predicted molar refractivity (Wildman–Crippen MR) is 99.0 cm³/mol. The summed E-state index contributed by atoms with van der Waals surface area (Å²) in [6, 6.07) is 12.2. The molecule has 0 radical (unpaired) electrons. The van der Waals surface area contributed by atoms with Gasteiger partial charge in [-0.3, -0.25) is 9.59 Å². The normalized spacial score (nSPS) is 11.9. The van der Waals surface area contributed by atoms with Crippen LogP contribution in [-0.2, 0) is 11.3 Å². The Labute approximate surface area is 157 Å². The highest BCUT2D eigenvalue weighted by atomic mass is 16.7. The van der Waals surface area contributed by atoms with Crippen LogP contribution in [0, 0.1) is 0 Å². The van der Waals surface area contributed by atoms with Gasteiger partial charge in [-0.15, -0.1) is 0 Å². The molecule has 0 saturated heterocycles. The Morgan fingerprint density at radius 2 is 1.74 bits per heavy atom. The fourth-order valence-electron chi connectivity index (χ4n) is 2.66. The fraction of sp³-hybridized carbons (Fsp3) is 0.300. The van der Waals surface area contributed by atoms with Crippen LogP contribution in [0.2, 0.25) is 0 Å². The molecule has 1 aliphatic heterocycles. The molecule has 2 aromatic rings. The minimum absolute atomic E-state index is 0.212. The Balaban J connectivity index is 1.56. The van der Waals surface area contributed by atoms with Gasteiger partial charge in [-0.05, 0) is 42.3 Å².